The van der Waals surface area contributed by atoms with E-state index in [1.165, 1.54) is 37.9 Å². The van der Waals surface area contributed by atoms with Crippen molar-refractivity contribution < 1.29 is 0 Å². The van der Waals surface area contributed by atoms with Gasteiger partial charge in [0.1, 0.15) is 0 Å². The summed E-state index contributed by atoms with van der Waals surface area (Å²) in [5.74, 6) is 0. The molecule has 1 unspecified atom stereocenters. The van der Waals surface area contributed by atoms with Crippen LogP contribution in [0.1, 0.15) is 38.7 Å². The Hall–Kier alpha value is -0.730. The third-order valence-electron chi connectivity index (χ3n) is 4.07. The first-order valence-corrected chi connectivity index (χ1v) is 6.68. The molecule has 1 aromatic rings. The summed E-state index contributed by atoms with van der Waals surface area (Å²) >= 11 is 0. The van der Waals surface area contributed by atoms with Crippen molar-refractivity contribution >= 4 is 18.1 Å². The van der Waals surface area contributed by atoms with Crippen molar-refractivity contribution in [2.45, 2.75) is 39.7 Å². The van der Waals surface area contributed by atoms with Gasteiger partial charge in [0.25, 0.3) is 0 Å². The van der Waals surface area contributed by atoms with E-state index >= 15 is 0 Å². The van der Waals surface area contributed by atoms with Gasteiger partial charge in [0.05, 0.1) is 0 Å². The molecule has 0 radical (unpaired) electrons. The molecule has 0 amide bonds. The van der Waals surface area contributed by atoms with Crippen molar-refractivity contribution in [3.05, 3.63) is 29.8 Å². The van der Waals surface area contributed by atoms with E-state index in [0.717, 1.165) is 12.2 Å². The molecule has 3 heteroatoms. The van der Waals surface area contributed by atoms with Gasteiger partial charge in [0.2, 0.25) is 0 Å². The van der Waals surface area contributed by atoms with Crippen LogP contribution in [0.4, 0.5) is 5.69 Å². The van der Waals surface area contributed by atoms with Crippen LogP contribution in [0.5, 0.6) is 0 Å². The lowest BCUT2D eigenvalue weighted by Gasteiger charge is -2.40. The van der Waals surface area contributed by atoms with Crippen molar-refractivity contribution in [2.75, 3.05) is 18.8 Å². The number of likely N-dealkylation sites (tertiary alicyclic amines) is 1. The van der Waals surface area contributed by atoms with Crippen LogP contribution in [0, 0.1) is 5.41 Å². The number of benzene rings is 1. The van der Waals surface area contributed by atoms with E-state index in [1.807, 2.05) is 12.1 Å². The van der Waals surface area contributed by atoms with Gasteiger partial charge in [-0.05, 0) is 48.9 Å². The van der Waals surface area contributed by atoms with Crippen molar-refractivity contribution in [3.8, 4) is 0 Å². The summed E-state index contributed by atoms with van der Waals surface area (Å²) < 4.78 is 0. The highest BCUT2D eigenvalue weighted by Crippen LogP contribution is 2.33. The van der Waals surface area contributed by atoms with Crippen molar-refractivity contribution in [3.63, 3.8) is 0 Å². The normalized spacial score (nSPS) is 24.6. The van der Waals surface area contributed by atoms with Crippen LogP contribution >= 0.6 is 12.4 Å². The number of nitrogen functional groups attached to an aromatic ring is 1. The standard InChI is InChI=1S/C15H24N2.ClH/c1-3-15(2)8-5-9-17(12-15)11-13-6-4-7-14(16)10-13;/h4,6-7,10H,3,5,8-9,11-12,16H2,1-2H3;1H. The summed E-state index contributed by atoms with van der Waals surface area (Å²) in [6.45, 7) is 8.21. The average molecular weight is 269 g/mol. The van der Waals surface area contributed by atoms with Gasteiger partial charge in [-0.1, -0.05) is 26.0 Å². The highest BCUT2D eigenvalue weighted by Gasteiger charge is 2.28. The van der Waals surface area contributed by atoms with Crippen molar-refractivity contribution in [2.24, 2.45) is 5.41 Å². The smallest absolute Gasteiger partial charge is 0.0317 e. The Morgan fingerprint density at radius 1 is 1.39 bits per heavy atom. The summed E-state index contributed by atoms with van der Waals surface area (Å²) in [5.41, 5.74) is 8.55. The first-order valence-electron chi connectivity index (χ1n) is 6.68. The first-order chi connectivity index (χ1) is 8.11. The Bertz CT molecular complexity index is 381. The predicted octanol–water partition coefficient (Wildman–Crippen LogP) is 3.70. The van der Waals surface area contributed by atoms with Gasteiger partial charge >= 0.3 is 0 Å². The van der Waals surface area contributed by atoms with E-state index in [-0.39, 0.29) is 12.4 Å². The Kier molecular flexibility index (Phi) is 5.48. The number of nitrogens with zero attached hydrogens (tertiary/aromatic N) is 1. The van der Waals surface area contributed by atoms with Gasteiger partial charge < -0.3 is 5.73 Å². The molecule has 2 rings (SSSR count). The maximum absolute atomic E-state index is 5.82. The minimum atomic E-state index is 0. The summed E-state index contributed by atoms with van der Waals surface area (Å²) in [6.07, 6.45) is 3.98. The molecule has 0 spiro atoms. The minimum absolute atomic E-state index is 0. The zero-order valence-corrected chi connectivity index (χ0v) is 12.3. The SMILES string of the molecule is CCC1(C)CCCN(Cc2cccc(N)c2)C1.Cl. The number of piperidine rings is 1. The lowest BCUT2D eigenvalue weighted by atomic mass is 9.79. The van der Waals surface area contributed by atoms with Crippen molar-refractivity contribution in [1.82, 2.24) is 4.90 Å². The van der Waals surface area contributed by atoms with E-state index in [9.17, 15) is 0 Å². The molecule has 102 valence electrons. The molecule has 18 heavy (non-hydrogen) atoms. The molecule has 1 aliphatic heterocycles. The molecule has 1 heterocycles. The first kappa shape index (κ1) is 15.3. The summed E-state index contributed by atoms with van der Waals surface area (Å²) in [4.78, 5) is 2.57. The highest BCUT2D eigenvalue weighted by atomic mass is 35.5. The third kappa shape index (κ3) is 3.89. The van der Waals surface area contributed by atoms with Crippen LogP contribution in [-0.2, 0) is 6.54 Å². The Balaban J connectivity index is 0.00000162. The van der Waals surface area contributed by atoms with Crippen LogP contribution < -0.4 is 5.73 Å². The van der Waals surface area contributed by atoms with Crippen LogP contribution in [0.25, 0.3) is 0 Å². The average Bonchev–Trinajstić information content (AvgIpc) is 2.29. The van der Waals surface area contributed by atoms with E-state index < -0.39 is 0 Å². The quantitative estimate of drug-likeness (QED) is 0.847. The zero-order chi connectivity index (χ0) is 12.3. The third-order valence-corrected chi connectivity index (χ3v) is 4.07. The van der Waals surface area contributed by atoms with Gasteiger partial charge in [-0.3, -0.25) is 4.90 Å². The number of hydrogen-bond acceptors (Lipinski definition) is 2. The van der Waals surface area contributed by atoms with Crippen LogP contribution in [0.15, 0.2) is 24.3 Å². The topological polar surface area (TPSA) is 29.3 Å². The molecule has 1 atom stereocenters. The van der Waals surface area contributed by atoms with Gasteiger partial charge in [0, 0.05) is 18.8 Å². The molecular formula is C15H25ClN2. The maximum atomic E-state index is 5.82. The van der Waals surface area contributed by atoms with E-state index in [0.29, 0.717) is 5.41 Å². The number of anilines is 1. The van der Waals surface area contributed by atoms with Crippen LogP contribution in [0.3, 0.4) is 0 Å². The van der Waals surface area contributed by atoms with Crippen molar-refractivity contribution in [1.29, 1.82) is 0 Å². The number of hydrogen-bond donors (Lipinski definition) is 1. The maximum Gasteiger partial charge on any atom is 0.0317 e. The monoisotopic (exact) mass is 268 g/mol. The van der Waals surface area contributed by atoms with Gasteiger partial charge in [-0.25, -0.2) is 0 Å². The molecule has 2 N–H and O–H groups in total. The molecule has 0 aromatic heterocycles. The van der Waals surface area contributed by atoms with Gasteiger partial charge in [-0.15, -0.1) is 12.4 Å². The Morgan fingerprint density at radius 2 is 2.17 bits per heavy atom. The molecule has 2 nitrogen and oxygen atoms in total. The molecule has 0 saturated carbocycles. The van der Waals surface area contributed by atoms with Crippen LogP contribution in [-0.4, -0.2) is 18.0 Å². The minimum Gasteiger partial charge on any atom is -0.399 e. The second kappa shape index (κ2) is 6.44. The fourth-order valence-corrected chi connectivity index (χ4v) is 2.80. The molecule has 0 bridgehead atoms. The molecule has 1 aliphatic rings. The number of halogens is 1. The Morgan fingerprint density at radius 3 is 2.83 bits per heavy atom. The largest absolute Gasteiger partial charge is 0.399 e. The van der Waals surface area contributed by atoms with Crippen LogP contribution in [0.2, 0.25) is 0 Å². The summed E-state index contributed by atoms with van der Waals surface area (Å²) in [7, 11) is 0. The van der Waals surface area contributed by atoms with Gasteiger partial charge in [0.15, 0.2) is 0 Å². The number of rotatable bonds is 3. The summed E-state index contributed by atoms with van der Waals surface area (Å²) in [6, 6.07) is 8.27. The Labute approximate surface area is 117 Å². The second-order valence-electron chi connectivity index (χ2n) is 5.72. The molecular weight excluding hydrogens is 244 g/mol. The lowest BCUT2D eigenvalue weighted by molar-refractivity contribution is 0.0937. The predicted molar refractivity (Wildman–Crippen MR) is 81.0 cm³/mol. The van der Waals surface area contributed by atoms with E-state index in [4.69, 9.17) is 5.73 Å². The fourth-order valence-electron chi connectivity index (χ4n) is 2.80. The molecule has 1 fully saturated rings. The second-order valence-corrected chi connectivity index (χ2v) is 5.72. The molecule has 1 aromatic carbocycles. The fraction of sp³-hybridized carbons (Fsp3) is 0.600. The van der Waals surface area contributed by atoms with Gasteiger partial charge in [-0.2, -0.15) is 0 Å². The highest BCUT2D eigenvalue weighted by molar-refractivity contribution is 5.85. The molecule has 1 saturated heterocycles. The van der Waals surface area contributed by atoms with E-state index in [2.05, 4.69) is 30.9 Å². The lowest BCUT2D eigenvalue weighted by Crippen LogP contribution is -2.40. The van der Waals surface area contributed by atoms with E-state index in [1.54, 1.807) is 0 Å². The molecule has 0 aliphatic carbocycles. The zero-order valence-electron chi connectivity index (χ0n) is 11.5. The number of nitrogens with two attached hydrogens (primary N) is 1. The summed E-state index contributed by atoms with van der Waals surface area (Å²) in [5, 5.41) is 0.